The second-order valence-electron chi connectivity index (χ2n) is 4.97. The van der Waals surface area contributed by atoms with Crippen molar-refractivity contribution in [1.29, 1.82) is 0 Å². The summed E-state index contributed by atoms with van der Waals surface area (Å²) >= 11 is 0. The van der Waals surface area contributed by atoms with Crippen LogP contribution in [0.1, 0.15) is 18.4 Å². The van der Waals surface area contributed by atoms with Gasteiger partial charge >= 0.3 is 0 Å². The van der Waals surface area contributed by atoms with Crippen LogP contribution in [0.15, 0.2) is 58.7 Å². The van der Waals surface area contributed by atoms with Crippen LogP contribution in [0.25, 0.3) is 0 Å². The Morgan fingerprint density at radius 1 is 1.22 bits per heavy atom. The molecule has 1 N–H and O–H groups in total. The molecule has 0 bridgehead atoms. The number of hydrogen-bond acceptors (Lipinski definition) is 5. The fourth-order valence-corrected chi connectivity index (χ4v) is 3.89. The number of sulfonamides is 1. The van der Waals surface area contributed by atoms with Crippen LogP contribution >= 0.6 is 0 Å². The van der Waals surface area contributed by atoms with E-state index in [2.05, 4.69) is 10.1 Å². The van der Waals surface area contributed by atoms with E-state index in [4.69, 9.17) is 5.21 Å². The van der Waals surface area contributed by atoms with E-state index in [1.807, 2.05) is 0 Å². The maximum Gasteiger partial charge on any atom is 0.265 e. The number of anilines is 1. The smallest absolute Gasteiger partial charge is 0.265 e. The minimum absolute atomic E-state index is 0.250. The van der Waals surface area contributed by atoms with Gasteiger partial charge < -0.3 is 5.21 Å². The topological polar surface area (TPSA) is 82.9 Å². The SMILES string of the molecule is Cc1ccccc1S(=O)(=O)N(CCCC=NO)c1ccccn1. The van der Waals surface area contributed by atoms with Crippen molar-refractivity contribution in [3.63, 3.8) is 0 Å². The highest BCUT2D eigenvalue weighted by atomic mass is 32.2. The Hall–Kier alpha value is -2.41. The summed E-state index contributed by atoms with van der Waals surface area (Å²) in [5.74, 6) is 0.372. The normalized spacial score (nSPS) is 11.7. The zero-order valence-electron chi connectivity index (χ0n) is 12.8. The molecule has 0 spiro atoms. The molecule has 0 aliphatic carbocycles. The molecule has 2 rings (SSSR count). The van der Waals surface area contributed by atoms with Crippen molar-refractivity contribution >= 4 is 22.1 Å². The molecule has 1 aromatic carbocycles. The molecule has 0 atom stereocenters. The van der Waals surface area contributed by atoms with Gasteiger partial charge in [-0.25, -0.2) is 17.7 Å². The number of hydrogen-bond donors (Lipinski definition) is 1. The zero-order valence-corrected chi connectivity index (χ0v) is 13.6. The van der Waals surface area contributed by atoms with E-state index >= 15 is 0 Å². The van der Waals surface area contributed by atoms with E-state index in [1.54, 1.807) is 55.6 Å². The van der Waals surface area contributed by atoms with E-state index in [0.29, 0.717) is 24.2 Å². The molecular weight excluding hydrogens is 314 g/mol. The molecule has 2 aromatic rings. The van der Waals surface area contributed by atoms with Crippen LogP contribution in [-0.2, 0) is 10.0 Å². The van der Waals surface area contributed by atoms with E-state index in [0.717, 1.165) is 0 Å². The Morgan fingerprint density at radius 3 is 2.61 bits per heavy atom. The van der Waals surface area contributed by atoms with E-state index < -0.39 is 10.0 Å². The molecule has 1 aromatic heterocycles. The van der Waals surface area contributed by atoms with Gasteiger partial charge in [-0.05, 0) is 43.5 Å². The zero-order chi connectivity index (χ0) is 16.7. The van der Waals surface area contributed by atoms with Gasteiger partial charge in [0.1, 0.15) is 5.82 Å². The van der Waals surface area contributed by atoms with Crippen LogP contribution in [0, 0.1) is 6.92 Å². The van der Waals surface area contributed by atoms with Crippen molar-refractivity contribution in [3.8, 4) is 0 Å². The lowest BCUT2D eigenvalue weighted by Crippen LogP contribution is -2.33. The first-order chi connectivity index (χ1) is 11.1. The van der Waals surface area contributed by atoms with Crippen LogP contribution in [0.2, 0.25) is 0 Å². The van der Waals surface area contributed by atoms with Crippen molar-refractivity contribution in [2.24, 2.45) is 5.16 Å². The lowest BCUT2D eigenvalue weighted by molar-refractivity contribution is 0.320. The Kier molecular flexibility index (Phi) is 5.70. The summed E-state index contributed by atoms with van der Waals surface area (Å²) < 4.78 is 27.3. The number of aryl methyl sites for hydroxylation is 1. The summed E-state index contributed by atoms with van der Waals surface area (Å²) in [6.07, 6.45) is 3.90. The van der Waals surface area contributed by atoms with Gasteiger partial charge in [-0.3, -0.25) is 0 Å². The minimum Gasteiger partial charge on any atom is -0.411 e. The van der Waals surface area contributed by atoms with Gasteiger partial charge in [-0.15, -0.1) is 5.16 Å². The molecule has 122 valence electrons. The third kappa shape index (κ3) is 4.07. The van der Waals surface area contributed by atoms with E-state index in [-0.39, 0.29) is 11.4 Å². The highest BCUT2D eigenvalue weighted by Crippen LogP contribution is 2.24. The first kappa shape index (κ1) is 17.0. The van der Waals surface area contributed by atoms with Crippen LogP contribution in [0.4, 0.5) is 5.82 Å². The van der Waals surface area contributed by atoms with Crippen LogP contribution in [0.3, 0.4) is 0 Å². The molecular formula is C16H19N3O3S. The number of rotatable bonds is 7. The standard InChI is InChI=1S/C16H19N3O3S/c1-14-8-2-3-9-15(14)23(21,22)19(13-7-6-12-18-20)16-10-4-5-11-17-16/h2-5,8-12,20H,6-7,13H2,1H3. The van der Waals surface area contributed by atoms with Gasteiger partial charge in [0.2, 0.25) is 0 Å². The summed E-state index contributed by atoms with van der Waals surface area (Å²) in [6.45, 7) is 2.02. The molecule has 0 aliphatic rings. The minimum atomic E-state index is -3.71. The monoisotopic (exact) mass is 333 g/mol. The van der Waals surface area contributed by atoms with Crippen molar-refractivity contribution in [1.82, 2.24) is 4.98 Å². The highest BCUT2D eigenvalue weighted by Gasteiger charge is 2.26. The fraction of sp³-hybridized carbons (Fsp3) is 0.250. The number of benzene rings is 1. The largest absolute Gasteiger partial charge is 0.411 e. The molecule has 6 nitrogen and oxygen atoms in total. The maximum atomic E-state index is 13.0. The van der Waals surface area contributed by atoms with E-state index in [9.17, 15) is 8.42 Å². The van der Waals surface area contributed by atoms with Crippen LogP contribution < -0.4 is 4.31 Å². The first-order valence-corrected chi connectivity index (χ1v) is 8.66. The molecule has 7 heteroatoms. The van der Waals surface area contributed by atoms with Crippen LogP contribution in [0.5, 0.6) is 0 Å². The fourth-order valence-electron chi connectivity index (χ4n) is 2.21. The molecule has 0 fully saturated rings. The number of aromatic nitrogens is 1. The molecule has 1 heterocycles. The number of unbranched alkanes of at least 4 members (excludes halogenated alkanes) is 1. The van der Waals surface area contributed by atoms with Crippen LogP contribution in [-0.4, -0.2) is 31.4 Å². The summed E-state index contributed by atoms with van der Waals surface area (Å²) in [5.41, 5.74) is 0.686. The second kappa shape index (κ2) is 7.73. The van der Waals surface area contributed by atoms with Gasteiger partial charge in [-0.1, -0.05) is 24.3 Å². The molecule has 23 heavy (non-hydrogen) atoms. The van der Waals surface area contributed by atoms with Gasteiger partial charge in [0.25, 0.3) is 10.0 Å². The lowest BCUT2D eigenvalue weighted by Gasteiger charge is -2.24. The molecule has 0 aliphatic heterocycles. The van der Waals surface area contributed by atoms with Crippen molar-refractivity contribution in [2.45, 2.75) is 24.7 Å². The Morgan fingerprint density at radius 2 is 1.96 bits per heavy atom. The summed E-state index contributed by atoms with van der Waals surface area (Å²) in [7, 11) is -3.71. The van der Waals surface area contributed by atoms with Crippen molar-refractivity contribution in [3.05, 3.63) is 54.2 Å². The average molecular weight is 333 g/mol. The molecule has 0 amide bonds. The predicted octanol–water partition coefficient (Wildman–Crippen LogP) is 2.83. The summed E-state index contributed by atoms with van der Waals surface area (Å²) in [6, 6.07) is 12.0. The first-order valence-electron chi connectivity index (χ1n) is 7.22. The summed E-state index contributed by atoms with van der Waals surface area (Å²) in [5, 5.41) is 11.4. The highest BCUT2D eigenvalue weighted by molar-refractivity contribution is 7.92. The number of nitrogens with zero attached hydrogens (tertiary/aromatic N) is 3. The molecule has 0 radical (unpaired) electrons. The molecule has 0 saturated carbocycles. The predicted molar refractivity (Wildman–Crippen MR) is 89.5 cm³/mol. The van der Waals surface area contributed by atoms with Gasteiger partial charge in [0, 0.05) is 19.0 Å². The quantitative estimate of drug-likeness (QED) is 0.365. The van der Waals surface area contributed by atoms with Gasteiger partial charge in [-0.2, -0.15) is 0 Å². The number of oxime groups is 1. The molecule has 0 saturated heterocycles. The average Bonchev–Trinajstić information content (AvgIpc) is 2.55. The molecule has 0 unspecified atom stereocenters. The van der Waals surface area contributed by atoms with Crippen molar-refractivity contribution < 1.29 is 13.6 Å². The van der Waals surface area contributed by atoms with Crippen molar-refractivity contribution in [2.75, 3.05) is 10.8 Å². The Bertz CT molecular complexity index is 761. The third-order valence-electron chi connectivity index (χ3n) is 3.34. The lowest BCUT2D eigenvalue weighted by atomic mass is 10.2. The third-order valence-corrected chi connectivity index (χ3v) is 5.31. The maximum absolute atomic E-state index is 13.0. The second-order valence-corrected chi connectivity index (χ2v) is 6.80. The summed E-state index contributed by atoms with van der Waals surface area (Å²) in [4.78, 5) is 4.43. The van der Waals surface area contributed by atoms with E-state index in [1.165, 1.54) is 10.5 Å². The Labute approximate surface area is 136 Å². The van der Waals surface area contributed by atoms with Gasteiger partial charge in [0.15, 0.2) is 0 Å². The Balaban J connectivity index is 2.38. The number of pyridine rings is 1. The van der Waals surface area contributed by atoms with Gasteiger partial charge in [0.05, 0.1) is 4.90 Å².